The predicted molar refractivity (Wildman–Crippen MR) is 62.1 cm³/mol. The Hall–Kier alpha value is -1.62. The normalized spacial score (nSPS) is 12.1. The summed E-state index contributed by atoms with van der Waals surface area (Å²) in [6.07, 6.45) is 1.84. The Morgan fingerprint density at radius 1 is 1.62 bits per heavy atom. The molecule has 1 heterocycles. The second-order valence-electron chi connectivity index (χ2n) is 3.84. The Morgan fingerprint density at radius 2 is 2.31 bits per heavy atom. The van der Waals surface area contributed by atoms with Crippen LogP contribution in [0.15, 0.2) is 22.1 Å². The summed E-state index contributed by atoms with van der Waals surface area (Å²) in [7, 11) is 1.86. The molecule has 1 aromatic rings. The minimum Gasteiger partial charge on any atom is -0.401 e. The molecule has 0 atom stereocenters. The van der Waals surface area contributed by atoms with Crippen molar-refractivity contribution in [3.8, 4) is 0 Å². The molecule has 5 nitrogen and oxygen atoms in total. The summed E-state index contributed by atoms with van der Waals surface area (Å²) < 4.78 is 5.07. The first-order valence-corrected chi connectivity index (χ1v) is 5.14. The van der Waals surface area contributed by atoms with E-state index in [1.54, 1.807) is 6.07 Å². The van der Waals surface area contributed by atoms with Crippen LogP contribution in [0.2, 0.25) is 0 Å². The minimum absolute atomic E-state index is 0.223. The molecule has 5 heteroatoms. The highest BCUT2D eigenvalue weighted by Crippen LogP contribution is 2.20. The standard InChI is InChI=1S/C11H16N2O3/c1-8(2)9(7-12-3)6-10-4-5-11(16-10)13(14)15/h4-6,8,12H,7H2,1-3H3. The molecule has 0 aliphatic rings. The van der Waals surface area contributed by atoms with Crippen LogP contribution in [0.5, 0.6) is 0 Å². The van der Waals surface area contributed by atoms with E-state index in [1.807, 2.05) is 13.1 Å². The van der Waals surface area contributed by atoms with Gasteiger partial charge in [0.05, 0.1) is 6.07 Å². The van der Waals surface area contributed by atoms with Gasteiger partial charge in [-0.3, -0.25) is 10.1 Å². The molecule has 1 N–H and O–H groups in total. The van der Waals surface area contributed by atoms with E-state index < -0.39 is 4.92 Å². The molecule has 0 aliphatic carbocycles. The summed E-state index contributed by atoms with van der Waals surface area (Å²) in [5, 5.41) is 13.5. The fourth-order valence-electron chi connectivity index (χ4n) is 1.33. The largest absolute Gasteiger partial charge is 0.433 e. The molecule has 1 rings (SSSR count). The van der Waals surface area contributed by atoms with Gasteiger partial charge in [-0.1, -0.05) is 19.4 Å². The van der Waals surface area contributed by atoms with Crippen molar-refractivity contribution in [2.24, 2.45) is 5.92 Å². The molecule has 0 aliphatic heterocycles. The Labute approximate surface area is 94.3 Å². The molecule has 0 radical (unpaired) electrons. The van der Waals surface area contributed by atoms with Crippen molar-refractivity contribution in [1.29, 1.82) is 0 Å². The van der Waals surface area contributed by atoms with Gasteiger partial charge < -0.3 is 9.73 Å². The average Bonchev–Trinajstić information content (AvgIpc) is 2.65. The van der Waals surface area contributed by atoms with Crippen molar-refractivity contribution in [1.82, 2.24) is 5.32 Å². The minimum atomic E-state index is -0.537. The van der Waals surface area contributed by atoms with Crippen molar-refractivity contribution in [2.75, 3.05) is 13.6 Å². The van der Waals surface area contributed by atoms with Crippen LogP contribution in [0.4, 0.5) is 5.88 Å². The van der Waals surface area contributed by atoms with Gasteiger partial charge in [-0.05, 0) is 25.1 Å². The van der Waals surface area contributed by atoms with E-state index in [2.05, 4.69) is 19.2 Å². The van der Waals surface area contributed by atoms with Crippen LogP contribution in [-0.4, -0.2) is 18.5 Å². The molecule has 0 unspecified atom stereocenters. The van der Waals surface area contributed by atoms with E-state index in [9.17, 15) is 10.1 Å². The summed E-state index contributed by atoms with van der Waals surface area (Å²) in [6, 6.07) is 2.97. The molecule has 0 saturated heterocycles. The number of nitrogens with one attached hydrogen (secondary N) is 1. The van der Waals surface area contributed by atoms with Gasteiger partial charge in [0.2, 0.25) is 0 Å². The number of nitro groups is 1. The summed E-state index contributed by atoms with van der Waals surface area (Å²) in [5.74, 6) is 0.668. The van der Waals surface area contributed by atoms with Crippen LogP contribution in [0.25, 0.3) is 6.08 Å². The Balaban J connectivity index is 2.90. The third kappa shape index (κ3) is 3.20. The van der Waals surface area contributed by atoms with Gasteiger partial charge in [-0.15, -0.1) is 0 Å². The van der Waals surface area contributed by atoms with Gasteiger partial charge in [0.1, 0.15) is 10.7 Å². The molecule has 16 heavy (non-hydrogen) atoms. The number of hydrogen-bond donors (Lipinski definition) is 1. The Kier molecular flexibility index (Phi) is 4.25. The predicted octanol–water partition coefficient (Wildman–Crippen LogP) is 2.45. The molecule has 0 fully saturated rings. The zero-order valence-corrected chi connectivity index (χ0v) is 9.69. The number of likely N-dealkylation sites (N-methyl/N-ethyl adjacent to an activating group) is 1. The first-order valence-electron chi connectivity index (χ1n) is 5.14. The lowest BCUT2D eigenvalue weighted by atomic mass is 10.0. The van der Waals surface area contributed by atoms with Crippen LogP contribution in [-0.2, 0) is 0 Å². The highest BCUT2D eigenvalue weighted by molar-refractivity contribution is 5.49. The summed E-state index contributed by atoms with van der Waals surface area (Å²) in [6.45, 7) is 4.88. The maximum Gasteiger partial charge on any atom is 0.433 e. The SMILES string of the molecule is CNCC(=Cc1ccc([N+](=O)[O-])o1)C(C)C. The van der Waals surface area contributed by atoms with Crippen molar-refractivity contribution >= 4 is 12.0 Å². The van der Waals surface area contributed by atoms with Crippen molar-refractivity contribution in [3.63, 3.8) is 0 Å². The Bertz CT molecular complexity index is 394. The first kappa shape index (κ1) is 12.4. The topological polar surface area (TPSA) is 68.3 Å². The third-order valence-electron chi connectivity index (χ3n) is 2.24. The molecular formula is C11H16N2O3. The highest BCUT2D eigenvalue weighted by atomic mass is 16.6. The second kappa shape index (κ2) is 5.46. The summed E-state index contributed by atoms with van der Waals surface area (Å²) in [4.78, 5) is 9.90. The molecule has 0 spiro atoms. The third-order valence-corrected chi connectivity index (χ3v) is 2.24. The van der Waals surface area contributed by atoms with Crippen LogP contribution in [0.1, 0.15) is 19.6 Å². The van der Waals surface area contributed by atoms with Crippen LogP contribution >= 0.6 is 0 Å². The van der Waals surface area contributed by atoms with Gasteiger partial charge >= 0.3 is 5.88 Å². The van der Waals surface area contributed by atoms with Gasteiger partial charge in [0.15, 0.2) is 0 Å². The van der Waals surface area contributed by atoms with Crippen molar-refractivity contribution < 1.29 is 9.34 Å². The number of rotatable bonds is 5. The smallest absolute Gasteiger partial charge is 0.401 e. The van der Waals surface area contributed by atoms with Crippen LogP contribution in [0.3, 0.4) is 0 Å². The highest BCUT2D eigenvalue weighted by Gasteiger charge is 2.11. The van der Waals surface area contributed by atoms with Crippen LogP contribution in [0, 0.1) is 16.0 Å². The number of furan rings is 1. The van der Waals surface area contributed by atoms with Gasteiger partial charge in [0.25, 0.3) is 0 Å². The summed E-state index contributed by atoms with van der Waals surface area (Å²) in [5.41, 5.74) is 1.15. The molecule has 0 amide bonds. The lowest BCUT2D eigenvalue weighted by molar-refractivity contribution is -0.402. The van der Waals surface area contributed by atoms with E-state index in [1.165, 1.54) is 6.07 Å². The van der Waals surface area contributed by atoms with Crippen molar-refractivity contribution in [2.45, 2.75) is 13.8 Å². The fraction of sp³-hybridized carbons (Fsp3) is 0.455. The number of nitrogens with zero attached hydrogens (tertiary/aromatic N) is 1. The summed E-state index contributed by atoms with van der Waals surface area (Å²) >= 11 is 0. The number of hydrogen-bond acceptors (Lipinski definition) is 4. The lowest BCUT2D eigenvalue weighted by Gasteiger charge is -2.09. The van der Waals surface area contributed by atoms with Crippen LogP contribution < -0.4 is 5.32 Å². The fourth-order valence-corrected chi connectivity index (χ4v) is 1.33. The zero-order valence-electron chi connectivity index (χ0n) is 9.69. The average molecular weight is 224 g/mol. The van der Waals surface area contributed by atoms with E-state index in [-0.39, 0.29) is 5.88 Å². The molecule has 88 valence electrons. The lowest BCUT2D eigenvalue weighted by Crippen LogP contribution is -2.13. The van der Waals surface area contributed by atoms with Gasteiger partial charge in [-0.2, -0.15) is 0 Å². The zero-order chi connectivity index (χ0) is 12.1. The molecule has 0 aromatic carbocycles. The molecule has 0 bridgehead atoms. The Morgan fingerprint density at radius 3 is 2.75 bits per heavy atom. The van der Waals surface area contributed by atoms with Crippen molar-refractivity contribution in [3.05, 3.63) is 33.6 Å². The van der Waals surface area contributed by atoms with E-state index in [0.717, 1.165) is 12.1 Å². The maximum atomic E-state index is 10.4. The quantitative estimate of drug-likeness (QED) is 0.616. The van der Waals surface area contributed by atoms with E-state index in [0.29, 0.717) is 11.7 Å². The first-order chi connectivity index (χ1) is 7.54. The van der Waals surface area contributed by atoms with Gasteiger partial charge in [-0.25, -0.2) is 0 Å². The van der Waals surface area contributed by atoms with E-state index in [4.69, 9.17) is 4.42 Å². The molecular weight excluding hydrogens is 208 g/mol. The molecule has 0 saturated carbocycles. The van der Waals surface area contributed by atoms with E-state index >= 15 is 0 Å². The maximum absolute atomic E-state index is 10.4. The van der Waals surface area contributed by atoms with Gasteiger partial charge in [0, 0.05) is 6.54 Å². The molecule has 1 aromatic heterocycles. The second-order valence-corrected chi connectivity index (χ2v) is 3.84. The monoisotopic (exact) mass is 224 g/mol.